The predicted octanol–water partition coefficient (Wildman–Crippen LogP) is 3.53. The first-order chi connectivity index (χ1) is 9.31. The van der Waals surface area contributed by atoms with Gasteiger partial charge in [0.15, 0.2) is 0 Å². The maximum absolute atomic E-state index is 12.5. The van der Waals surface area contributed by atoms with Crippen LogP contribution in [0.25, 0.3) is 10.2 Å². The average molecular weight is 276 g/mol. The van der Waals surface area contributed by atoms with Crippen molar-refractivity contribution >= 4 is 21.6 Å². The van der Waals surface area contributed by atoms with Crippen molar-refractivity contribution in [2.45, 2.75) is 58.4 Å². The van der Waals surface area contributed by atoms with Gasteiger partial charge in [0.25, 0.3) is 5.56 Å². The summed E-state index contributed by atoms with van der Waals surface area (Å²) in [5.41, 5.74) is 1.47. The largest absolute Gasteiger partial charge is 0.299 e. The van der Waals surface area contributed by atoms with Gasteiger partial charge in [-0.3, -0.25) is 9.36 Å². The zero-order valence-electron chi connectivity index (χ0n) is 11.4. The van der Waals surface area contributed by atoms with E-state index >= 15 is 0 Å². The Kier molecular flexibility index (Phi) is 3.69. The smallest absolute Gasteiger partial charge is 0.262 e. The molecule has 2 heterocycles. The molecular weight excluding hydrogens is 256 g/mol. The van der Waals surface area contributed by atoms with Gasteiger partial charge < -0.3 is 0 Å². The number of rotatable bonds is 5. The van der Waals surface area contributed by atoms with Gasteiger partial charge in [-0.15, -0.1) is 11.3 Å². The van der Waals surface area contributed by atoms with Crippen molar-refractivity contribution in [3.63, 3.8) is 0 Å². The van der Waals surface area contributed by atoms with E-state index < -0.39 is 0 Å². The fourth-order valence-electron chi connectivity index (χ4n) is 2.89. The molecule has 0 aromatic carbocycles. The average Bonchev–Trinajstić information content (AvgIpc) is 2.97. The van der Waals surface area contributed by atoms with Gasteiger partial charge in [0.1, 0.15) is 4.83 Å². The topological polar surface area (TPSA) is 34.9 Å². The molecule has 0 bridgehead atoms. The van der Waals surface area contributed by atoms with E-state index in [9.17, 15) is 4.79 Å². The molecule has 3 nitrogen and oxygen atoms in total. The summed E-state index contributed by atoms with van der Waals surface area (Å²) in [4.78, 5) is 19.4. The molecule has 0 amide bonds. The van der Waals surface area contributed by atoms with Gasteiger partial charge in [-0.25, -0.2) is 4.98 Å². The maximum atomic E-state index is 12.5. The number of unbranched alkanes of at least 4 members (excludes halogenated alkanes) is 3. The molecule has 0 atom stereocenters. The lowest BCUT2D eigenvalue weighted by Gasteiger charge is -2.05. The Balaban J connectivity index is 1.90. The van der Waals surface area contributed by atoms with E-state index in [2.05, 4.69) is 11.9 Å². The molecule has 0 aliphatic heterocycles. The monoisotopic (exact) mass is 276 g/mol. The highest BCUT2D eigenvalue weighted by Crippen LogP contribution is 2.34. The first-order valence-electron chi connectivity index (χ1n) is 7.31. The van der Waals surface area contributed by atoms with Crippen LogP contribution < -0.4 is 5.56 Å². The summed E-state index contributed by atoms with van der Waals surface area (Å²) in [6.45, 7) is 3.01. The fourth-order valence-corrected chi connectivity index (χ4v) is 4.11. The third kappa shape index (κ3) is 2.34. The number of aryl methyl sites for hydroxylation is 3. The molecule has 1 aliphatic carbocycles. The van der Waals surface area contributed by atoms with Gasteiger partial charge in [0, 0.05) is 11.4 Å². The highest BCUT2D eigenvalue weighted by molar-refractivity contribution is 7.18. The highest BCUT2D eigenvalue weighted by Gasteiger charge is 2.20. The van der Waals surface area contributed by atoms with E-state index in [0.29, 0.717) is 0 Å². The number of hydrogen-bond acceptors (Lipinski definition) is 3. The lowest BCUT2D eigenvalue weighted by Crippen LogP contribution is -2.20. The second-order valence-corrected chi connectivity index (χ2v) is 6.42. The highest BCUT2D eigenvalue weighted by atomic mass is 32.1. The third-order valence-corrected chi connectivity index (χ3v) is 5.14. The van der Waals surface area contributed by atoms with E-state index in [0.717, 1.165) is 36.0 Å². The van der Waals surface area contributed by atoms with Crippen LogP contribution in [0.2, 0.25) is 0 Å². The molecule has 0 N–H and O–H groups in total. The van der Waals surface area contributed by atoms with Crippen LogP contribution in [0.15, 0.2) is 11.1 Å². The van der Waals surface area contributed by atoms with Crippen LogP contribution in [0.5, 0.6) is 0 Å². The molecular formula is C15H20N2OS. The SMILES string of the molecule is CCCCCCn1cnc2sc3c(c2c1=O)CCC3. The van der Waals surface area contributed by atoms with Crippen molar-refractivity contribution in [3.05, 3.63) is 27.1 Å². The van der Waals surface area contributed by atoms with Crippen LogP contribution in [0, 0.1) is 0 Å². The van der Waals surface area contributed by atoms with Gasteiger partial charge in [-0.1, -0.05) is 26.2 Å². The van der Waals surface area contributed by atoms with Crippen LogP contribution in [-0.2, 0) is 19.4 Å². The molecule has 0 saturated heterocycles. The van der Waals surface area contributed by atoms with Gasteiger partial charge in [0.2, 0.25) is 0 Å². The lowest BCUT2D eigenvalue weighted by molar-refractivity contribution is 0.567. The second-order valence-electron chi connectivity index (χ2n) is 5.34. The third-order valence-electron chi connectivity index (χ3n) is 3.94. The Morgan fingerprint density at radius 1 is 1.32 bits per heavy atom. The maximum Gasteiger partial charge on any atom is 0.262 e. The molecule has 0 saturated carbocycles. The molecule has 0 spiro atoms. The fraction of sp³-hybridized carbons (Fsp3) is 0.600. The van der Waals surface area contributed by atoms with Crippen LogP contribution in [0.1, 0.15) is 49.5 Å². The Morgan fingerprint density at radius 3 is 3.05 bits per heavy atom. The normalized spacial score (nSPS) is 14.2. The zero-order chi connectivity index (χ0) is 13.2. The summed E-state index contributed by atoms with van der Waals surface area (Å²) in [6, 6.07) is 0. The van der Waals surface area contributed by atoms with Crippen molar-refractivity contribution in [2.75, 3.05) is 0 Å². The van der Waals surface area contributed by atoms with Gasteiger partial charge >= 0.3 is 0 Å². The molecule has 3 rings (SSSR count). The van der Waals surface area contributed by atoms with E-state index in [-0.39, 0.29) is 5.56 Å². The van der Waals surface area contributed by atoms with Gasteiger partial charge in [-0.05, 0) is 31.2 Å². The van der Waals surface area contributed by atoms with Crippen molar-refractivity contribution in [2.24, 2.45) is 0 Å². The Hall–Kier alpha value is -1.16. The van der Waals surface area contributed by atoms with Gasteiger partial charge in [-0.2, -0.15) is 0 Å². The first kappa shape index (κ1) is 12.9. The summed E-state index contributed by atoms with van der Waals surface area (Å²) < 4.78 is 1.81. The summed E-state index contributed by atoms with van der Waals surface area (Å²) in [6.07, 6.45) is 9.88. The van der Waals surface area contributed by atoms with Crippen LogP contribution in [0.3, 0.4) is 0 Å². The predicted molar refractivity (Wildman–Crippen MR) is 80.0 cm³/mol. The summed E-state index contributed by atoms with van der Waals surface area (Å²) in [5, 5.41) is 0.912. The lowest BCUT2D eigenvalue weighted by atomic mass is 10.2. The minimum absolute atomic E-state index is 0.181. The second kappa shape index (κ2) is 5.45. The van der Waals surface area contributed by atoms with Crippen LogP contribution >= 0.6 is 11.3 Å². The minimum atomic E-state index is 0.181. The van der Waals surface area contributed by atoms with Crippen molar-refractivity contribution in [3.8, 4) is 0 Å². The molecule has 102 valence electrons. The number of hydrogen-bond donors (Lipinski definition) is 0. The minimum Gasteiger partial charge on any atom is -0.299 e. The Morgan fingerprint density at radius 2 is 2.21 bits per heavy atom. The number of aromatic nitrogens is 2. The summed E-state index contributed by atoms with van der Waals surface area (Å²) >= 11 is 1.72. The summed E-state index contributed by atoms with van der Waals surface area (Å²) in [7, 11) is 0. The molecule has 0 fully saturated rings. The Labute approximate surface area is 117 Å². The Bertz CT molecular complexity index is 641. The van der Waals surface area contributed by atoms with Crippen molar-refractivity contribution < 1.29 is 0 Å². The van der Waals surface area contributed by atoms with E-state index in [1.165, 1.54) is 36.1 Å². The van der Waals surface area contributed by atoms with E-state index in [1.807, 2.05) is 4.57 Å². The molecule has 4 heteroatoms. The van der Waals surface area contributed by atoms with E-state index in [1.54, 1.807) is 17.7 Å². The molecule has 0 radical (unpaired) electrons. The van der Waals surface area contributed by atoms with Crippen LogP contribution in [-0.4, -0.2) is 9.55 Å². The zero-order valence-corrected chi connectivity index (χ0v) is 12.3. The molecule has 0 unspecified atom stereocenters. The van der Waals surface area contributed by atoms with E-state index in [4.69, 9.17) is 0 Å². The standard InChI is InChI=1S/C15H20N2OS/c1-2-3-4-5-9-17-10-16-14-13(15(17)18)11-7-6-8-12(11)19-14/h10H,2-9H2,1H3. The molecule has 2 aromatic heterocycles. The van der Waals surface area contributed by atoms with Gasteiger partial charge in [0.05, 0.1) is 11.7 Å². The van der Waals surface area contributed by atoms with Crippen molar-refractivity contribution in [1.29, 1.82) is 0 Å². The first-order valence-corrected chi connectivity index (χ1v) is 8.12. The van der Waals surface area contributed by atoms with Crippen molar-refractivity contribution in [1.82, 2.24) is 9.55 Å². The number of fused-ring (bicyclic) bond motifs is 3. The summed E-state index contributed by atoms with van der Waals surface area (Å²) in [5.74, 6) is 0. The number of thiophene rings is 1. The van der Waals surface area contributed by atoms with Crippen LogP contribution in [0.4, 0.5) is 0 Å². The molecule has 1 aliphatic rings. The molecule has 2 aromatic rings. The molecule has 19 heavy (non-hydrogen) atoms. The number of nitrogens with zero attached hydrogens (tertiary/aromatic N) is 2. The quantitative estimate of drug-likeness (QED) is 0.783.